The van der Waals surface area contributed by atoms with E-state index in [4.69, 9.17) is 0 Å². The summed E-state index contributed by atoms with van der Waals surface area (Å²) in [5, 5.41) is 3.68. The van der Waals surface area contributed by atoms with Crippen LogP contribution in [0.5, 0.6) is 0 Å². The fourth-order valence-electron chi connectivity index (χ4n) is 3.06. The SMILES string of the molecule is CCNC(CSc1ccccc1C)CC1CCCC1. The first kappa shape index (κ1) is 14.9. The highest BCUT2D eigenvalue weighted by atomic mass is 32.2. The van der Waals surface area contributed by atoms with E-state index in [2.05, 4.69) is 43.4 Å². The minimum atomic E-state index is 0.678. The van der Waals surface area contributed by atoms with Gasteiger partial charge in [0.2, 0.25) is 0 Å². The number of rotatable bonds is 7. The normalized spacial score (nSPS) is 17.8. The highest BCUT2D eigenvalue weighted by molar-refractivity contribution is 7.99. The van der Waals surface area contributed by atoms with Gasteiger partial charge in [-0.2, -0.15) is 0 Å². The van der Waals surface area contributed by atoms with Gasteiger partial charge in [0, 0.05) is 16.7 Å². The minimum absolute atomic E-state index is 0.678. The Balaban J connectivity index is 1.84. The van der Waals surface area contributed by atoms with Crippen molar-refractivity contribution < 1.29 is 0 Å². The largest absolute Gasteiger partial charge is 0.313 e. The van der Waals surface area contributed by atoms with Gasteiger partial charge >= 0.3 is 0 Å². The van der Waals surface area contributed by atoms with Crippen molar-refractivity contribution in [3.8, 4) is 0 Å². The number of benzene rings is 1. The van der Waals surface area contributed by atoms with Crippen molar-refractivity contribution in [2.45, 2.75) is 56.9 Å². The van der Waals surface area contributed by atoms with Gasteiger partial charge in [0.25, 0.3) is 0 Å². The number of nitrogens with one attached hydrogen (secondary N) is 1. The topological polar surface area (TPSA) is 12.0 Å². The van der Waals surface area contributed by atoms with Crippen molar-refractivity contribution in [1.29, 1.82) is 0 Å². The zero-order valence-electron chi connectivity index (χ0n) is 12.3. The summed E-state index contributed by atoms with van der Waals surface area (Å²) in [5.74, 6) is 2.18. The smallest absolute Gasteiger partial charge is 0.0164 e. The molecule has 1 nitrogen and oxygen atoms in total. The Morgan fingerprint density at radius 2 is 2.00 bits per heavy atom. The molecule has 1 saturated carbocycles. The van der Waals surface area contributed by atoms with E-state index in [1.807, 2.05) is 11.8 Å². The third-order valence-corrected chi connectivity index (χ3v) is 5.46. The van der Waals surface area contributed by atoms with E-state index in [1.54, 1.807) is 0 Å². The van der Waals surface area contributed by atoms with Crippen LogP contribution >= 0.6 is 11.8 Å². The minimum Gasteiger partial charge on any atom is -0.313 e. The first-order valence-corrected chi connectivity index (χ1v) is 8.70. The van der Waals surface area contributed by atoms with Gasteiger partial charge in [0.15, 0.2) is 0 Å². The van der Waals surface area contributed by atoms with Gasteiger partial charge in [-0.05, 0) is 37.4 Å². The van der Waals surface area contributed by atoms with E-state index in [9.17, 15) is 0 Å². The van der Waals surface area contributed by atoms with Gasteiger partial charge in [-0.15, -0.1) is 11.8 Å². The molecule has 106 valence electrons. The molecule has 1 aliphatic rings. The molecule has 2 rings (SSSR count). The van der Waals surface area contributed by atoms with Crippen LogP contribution in [0, 0.1) is 12.8 Å². The van der Waals surface area contributed by atoms with Crippen molar-refractivity contribution in [1.82, 2.24) is 5.32 Å². The highest BCUT2D eigenvalue weighted by Gasteiger charge is 2.19. The number of thioether (sulfide) groups is 1. The van der Waals surface area contributed by atoms with Crippen LogP contribution in [-0.4, -0.2) is 18.3 Å². The van der Waals surface area contributed by atoms with E-state index in [0.717, 1.165) is 12.5 Å². The van der Waals surface area contributed by atoms with Crippen molar-refractivity contribution in [2.75, 3.05) is 12.3 Å². The molecule has 1 unspecified atom stereocenters. The predicted octanol–water partition coefficient (Wildman–Crippen LogP) is 4.65. The number of hydrogen-bond acceptors (Lipinski definition) is 2. The monoisotopic (exact) mass is 277 g/mol. The van der Waals surface area contributed by atoms with Crippen LogP contribution < -0.4 is 5.32 Å². The lowest BCUT2D eigenvalue weighted by atomic mass is 9.99. The first-order valence-electron chi connectivity index (χ1n) is 7.71. The number of aryl methyl sites for hydroxylation is 1. The van der Waals surface area contributed by atoms with Crippen LogP contribution in [0.25, 0.3) is 0 Å². The second-order valence-electron chi connectivity index (χ2n) is 5.72. The molecule has 19 heavy (non-hydrogen) atoms. The molecule has 0 radical (unpaired) electrons. The third-order valence-electron chi connectivity index (χ3n) is 4.12. The molecule has 1 aromatic rings. The summed E-state index contributed by atoms with van der Waals surface area (Å²) in [6, 6.07) is 9.41. The molecule has 1 fully saturated rings. The average molecular weight is 277 g/mol. The maximum Gasteiger partial charge on any atom is 0.0164 e. The number of hydrogen-bond donors (Lipinski definition) is 1. The van der Waals surface area contributed by atoms with Gasteiger partial charge in [-0.3, -0.25) is 0 Å². The zero-order valence-corrected chi connectivity index (χ0v) is 13.1. The summed E-state index contributed by atoms with van der Waals surface area (Å²) in [6.07, 6.45) is 7.18. The summed E-state index contributed by atoms with van der Waals surface area (Å²) in [7, 11) is 0. The van der Waals surface area contributed by atoms with E-state index in [0.29, 0.717) is 6.04 Å². The maximum absolute atomic E-state index is 3.68. The fourth-order valence-corrected chi connectivity index (χ4v) is 4.16. The van der Waals surface area contributed by atoms with Gasteiger partial charge < -0.3 is 5.32 Å². The summed E-state index contributed by atoms with van der Waals surface area (Å²) in [5.41, 5.74) is 1.41. The predicted molar refractivity (Wildman–Crippen MR) is 85.9 cm³/mol. The van der Waals surface area contributed by atoms with Gasteiger partial charge in [0.1, 0.15) is 0 Å². The molecule has 0 aromatic heterocycles. The summed E-state index contributed by atoms with van der Waals surface area (Å²) in [4.78, 5) is 1.44. The first-order chi connectivity index (χ1) is 9.29. The summed E-state index contributed by atoms with van der Waals surface area (Å²) >= 11 is 2.02. The van der Waals surface area contributed by atoms with E-state index >= 15 is 0 Å². The quantitative estimate of drug-likeness (QED) is 0.728. The Morgan fingerprint density at radius 3 is 2.68 bits per heavy atom. The van der Waals surface area contributed by atoms with Crippen molar-refractivity contribution in [3.63, 3.8) is 0 Å². The zero-order chi connectivity index (χ0) is 13.5. The van der Waals surface area contributed by atoms with Crippen LogP contribution in [0.15, 0.2) is 29.2 Å². The third kappa shape index (κ3) is 4.85. The van der Waals surface area contributed by atoms with Gasteiger partial charge in [0.05, 0.1) is 0 Å². The molecular weight excluding hydrogens is 250 g/mol. The van der Waals surface area contributed by atoms with Gasteiger partial charge in [-0.1, -0.05) is 50.8 Å². The van der Waals surface area contributed by atoms with Crippen LogP contribution in [0.2, 0.25) is 0 Å². The van der Waals surface area contributed by atoms with Crippen molar-refractivity contribution in [2.24, 2.45) is 5.92 Å². The second-order valence-corrected chi connectivity index (χ2v) is 6.78. The van der Waals surface area contributed by atoms with E-state index in [1.165, 1.54) is 48.3 Å². The molecule has 0 saturated heterocycles. The lowest BCUT2D eigenvalue weighted by Crippen LogP contribution is -2.32. The van der Waals surface area contributed by atoms with Crippen LogP contribution in [-0.2, 0) is 0 Å². The van der Waals surface area contributed by atoms with E-state index in [-0.39, 0.29) is 0 Å². The molecule has 0 aliphatic heterocycles. The molecule has 1 N–H and O–H groups in total. The summed E-state index contributed by atoms with van der Waals surface area (Å²) < 4.78 is 0. The molecule has 0 spiro atoms. The lowest BCUT2D eigenvalue weighted by Gasteiger charge is -2.21. The van der Waals surface area contributed by atoms with Crippen LogP contribution in [0.4, 0.5) is 0 Å². The average Bonchev–Trinajstić information content (AvgIpc) is 2.91. The molecule has 0 heterocycles. The highest BCUT2D eigenvalue weighted by Crippen LogP contribution is 2.30. The van der Waals surface area contributed by atoms with E-state index < -0.39 is 0 Å². The molecule has 1 aromatic carbocycles. The van der Waals surface area contributed by atoms with Crippen LogP contribution in [0.1, 0.15) is 44.6 Å². The van der Waals surface area contributed by atoms with Crippen molar-refractivity contribution >= 4 is 11.8 Å². The summed E-state index contributed by atoms with van der Waals surface area (Å²) in [6.45, 7) is 5.52. The Bertz CT molecular complexity index is 371. The second kappa shape index (κ2) is 7.96. The molecule has 0 amide bonds. The van der Waals surface area contributed by atoms with Crippen molar-refractivity contribution in [3.05, 3.63) is 29.8 Å². The fraction of sp³-hybridized carbons (Fsp3) is 0.647. The molecular formula is C17H27NS. The van der Waals surface area contributed by atoms with Gasteiger partial charge in [-0.25, -0.2) is 0 Å². The Hall–Kier alpha value is -0.470. The molecule has 0 bridgehead atoms. The Morgan fingerprint density at radius 1 is 1.26 bits per heavy atom. The molecule has 1 aliphatic carbocycles. The maximum atomic E-state index is 3.68. The Kier molecular flexibility index (Phi) is 6.25. The van der Waals surface area contributed by atoms with Crippen LogP contribution in [0.3, 0.4) is 0 Å². The molecule has 1 atom stereocenters. The standard InChI is InChI=1S/C17H27NS/c1-3-18-16(12-15-9-5-6-10-15)13-19-17-11-7-4-8-14(17)2/h4,7-8,11,15-16,18H,3,5-6,9-10,12-13H2,1-2H3. The Labute approximate surface area is 122 Å². The lowest BCUT2D eigenvalue weighted by molar-refractivity contribution is 0.415. The molecule has 2 heteroatoms.